The molecule has 0 bridgehead atoms. The van der Waals surface area contributed by atoms with Crippen LogP contribution >= 0.6 is 0 Å². The number of benzene rings is 4. The summed E-state index contributed by atoms with van der Waals surface area (Å²) < 4.78 is 14.4. The zero-order valence-electron chi connectivity index (χ0n) is 17.1. The smallest absolute Gasteiger partial charge is 0.288 e. The number of hydrogen-bond donors (Lipinski definition) is 1. The molecule has 31 heavy (non-hydrogen) atoms. The lowest BCUT2D eigenvalue weighted by Gasteiger charge is -2.39. The molecule has 0 radical (unpaired) electrons. The highest BCUT2D eigenvalue weighted by atomic mass is 19.1. The average molecular weight is 410 g/mol. The van der Waals surface area contributed by atoms with Crippen molar-refractivity contribution >= 4 is 6.04 Å². The first-order valence-electron chi connectivity index (χ1n) is 10.4. The van der Waals surface area contributed by atoms with Gasteiger partial charge in [-0.25, -0.2) is 0 Å². The highest BCUT2D eigenvalue weighted by Crippen LogP contribution is 2.37. The Morgan fingerprint density at radius 2 is 1.00 bits per heavy atom. The summed E-state index contributed by atoms with van der Waals surface area (Å²) >= 11 is 0. The monoisotopic (exact) mass is 409 g/mol. The number of carbonyl (C=O) groups excluding carboxylic acids is 1. The van der Waals surface area contributed by atoms with Crippen molar-refractivity contribution in [1.29, 1.82) is 0 Å². The van der Waals surface area contributed by atoms with Crippen LogP contribution in [0.2, 0.25) is 0 Å². The maximum absolute atomic E-state index is 14.4. The molecule has 0 saturated heterocycles. The van der Waals surface area contributed by atoms with Crippen molar-refractivity contribution in [3.8, 4) is 0 Å². The molecule has 0 spiro atoms. The average Bonchev–Trinajstić information content (AvgIpc) is 2.84. The number of hydrogen-bond acceptors (Lipinski definition) is 2. The SMILES string of the molecule is O=C(F)[C@H](Cc1ccccc1)NC(c1ccccc1)(c1ccccc1)c1ccccc1. The molecule has 1 N–H and O–H groups in total. The highest BCUT2D eigenvalue weighted by molar-refractivity contribution is 5.75. The molecule has 4 rings (SSSR count). The maximum Gasteiger partial charge on any atom is 0.318 e. The van der Waals surface area contributed by atoms with E-state index in [0.717, 1.165) is 22.3 Å². The lowest BCUT2D eigenvalue weighted by Crippen LogP contribution is -2.52. The van der Waals surface area contributed by atoms with Crippen LogP contribution < -0.4 is 5.32 Å². The van der Waals surface area contributed by atoms with Crippen LogP contribution in [0.5, 0.6) is 0 Å². The summed E-state index contributed by atoms with van der Waals surface area (Å²) in [5.41, 5.74) is 2.81. The van der Waals surface area contributed by atoms with Gasteiger partial charge >= 0.3 is 6.04 Å². The highest BCUT2D eigenvalue weighted by Gasteiger charge is 2.39. The van der Waals surface area contributed by atoms with Crippen molar-refractivity contribution in [2.45, 2.75) is 18.0 Å². The van der Waals surface area contributed by atoms with Crippen molar-refractivity contribution in [2.75, 3.05) is 0 Å². The van der Waals surface area contributed by atoms with E-state index in [4.69, 9.17) is 0 Å². The van der Waals surface area contributed by atoms with E-state index in [1.807, 2.05) is 121 Å². The maximum atomic E-state index is 14.4. The Balaban J connectivity index is 1.90. The summed E-state index contributed by atoms with van der Waals surface area (Å²) in [6, 6.07) is 36.8. The Labute approximate surface area is 182 Å². The largest absolute Gasteiger partial charge is 0.318 e. The summed E-state index contributed by atoms with van der Waals surface area (Å²) in [5, 5.41) is 3.44. The lowest BCUT2D eigenvalue weighted by molar-refractivity contribution is -0.131. The topological polar surface area (TPSA) is 29.1 Å². The van der Waals surface area contributed by atoms with Crippen LogP contribution in [0.3, 0.4) is 0 Å². The molecule has 0 aromatic heterocycles. The molecule has 0 amide bonds. The van der Waals surface area contributed by atoms with Crippen molar-refractivity contribution in [1.82, 2.24) is 5.32 Å². The lowest BCUT2D eigenvalue weighted by atomic mass is 9.76. The van der Waals surface area contributed by atoms with E-state index >= 15 is 0 Å². The third-order valence-electron chi connectivity index (χ3n) is 5.57. The van der Waals surface area contributed by atoms with Crippen LogP contribution in [0.1, 0.15) is 22.3 Å². The van der Waals surface area contributed by atoms with Gasteiger partial charge in [-0.15, -0.1) is 0 Å². The first-order chi connectivity index (χ1) is 15.2. The van der Waals surface area contributed by atoms with Crippen molar-refractivity contribution < 1.29 is 9.18 Å². The summed E-state index contributed by atoms with van der Waals surface area (Å²) in [6.45, 7) is 0. The molecule has 0 saturated carbocycles. The van der Waals surface area contributed by atoms with Crippen molar-refractivity contribution in [2.24, 2.45) is 0 Å². The molecule has 0 aliphatic carbocycles. The Morgan fingerprint density at radius 1 is 0.645 bits per heavy atom. The molecular formula is C28H24FNO. The fourth-order valence-electron chi connectivity index (χ4n) is 4.11. The van der Waals surface area contributed by atoms with Crippen molar-refractivity contribution in [3.05, 3.63) is 144 Å². The van der Waals surface area contributed by atoms with E-state index in [-0.39, 0.29) is 6.42 Å². The second kappa shape index (κ2) is 9.50. The molecule has 4 aromatic carbocycles. The van der Waals surface area contributed by atoms with Crippen LogP contribution in [-0.2, 0) is 16.8 Å². The van der Waals surface area contributed by atoms with E-state index in [9.17, 15) is 9.18 Å². The fraction of sp³-hybridized carbons (Fsp3) is 0.107. The van der Waals surface area contributed by atoms with Gasteiger partial charge in [0, 0.05) is 0 Å². The first kappa shape index (κ1) is 20.7. The Hall–Kier alpha value is -3.56. The van der Waals surface area contributed by atoms with Gasteiger partial charge in [-0.1, -0.05) is 121 Å². The molecule has 0 fully saturated rings. The molecule has 2 nitrogen and oxygen atoms in total. The molecule has 0 unspecified atom stereocenters. The minimum Gasteiger partial charge on any atom is -0.288 e. The number of halogens is 1. The summed E-state index contributed by atoms with van der Waals surface area (Å²) in [5.74, 6) is 0. The predicted molar refractivity (Wildman–Crippen MR) is 122 cm³/mol. The van der Waals surface area contributed by atoms with E-state index in [1.54, 1.807) is 0 Å². The Kier molecular flexibility index (Phi) is 6.34. The molecule has 154 valence electrons. The first-order valence-corrected chi connectivity index (χ1v) is 10.4. The van der Waals surface area contributed by atoms with Gasteiger partial charge in [0.2, 0.25) is 0 Å². The van der Waals surface area contributed by atoms with Gasteiger partial charge in [-0.05, 0) is 28.7 Å². The van der Waals surface area contributed by atoms with E-state index in [0.29, 0.717) is 0 Å². The van der Waals surface area contributed by atoms with Crippen LogP contribution in [0.15, 0.2) is 121 Å². The molecule has 4 aromatic rings. The van der Waals surface area contributed by atoms with Gasteiger partial charge in [0.05, 0.1) is 5.54 Å². The molecule has 0 aliphatic rings. The minimum atomic E-state index is -1.38. The minimum absolute atomic E-state index is 0.254. The van der Waals surface area contributed by atoms with E-state index < -0.39 is 17.6 Å². The van der Waals surface area contributed by atoms with Gasteiger partial charge < -0.3 is 0 Å². The standard InChI is InChI=1S/C28H24FNO/c29-27(31)26(21-22-13-5-1-6-14-22)30-28(23-15-7-2-8-16-23,24-17-9-3-10-18-24)25-19-11-4-12-20-25/h1-20,26,30H,21H2/t26-/m0/s1. The van der Waals surface area contributed by atoms with Gasteiger partial charge in [-0.3, -0.25) is 10.1 Å². The van der Waals surface area contributed by atoms with Crippen molar-refractivity contribution in [3.63, 3.8) is 0 Å². The molecular weight excluding hydrogens is 385 g/mol. The van der Waals surface area contributed by atoms with Gasteiger partial charge in [0.1, 0.15) is 6.04 Å². The Bertz CT molecular complexity index is 1000. The van der Waals surface area contributed by atoms with Crippen LogP contribution in [0.25, 0.3) is 0 Å². The number of carbonyl (C=O) groups is 1. The molecule has 0 aliphatic heterocycles. The van der Waals surface area contributed by atoms with Gasteiger partial charge in [0.15, 0.2) is 0 Å². The van der Waals surface area contributed by atoms with Crippen LogP contribution in [0, 0.1) is 0 Å². The van der Waals surface area contributed by atoms with Crippen LogP contribution in [0.4, 0.5) is 4.39 Å². The molecule has 0 heterocycles. The summed E-state index contributed by atoms with van der Waals surface area (Å²) in [4.78, 5) is 12.2. The third-order valence-corrected chi connectivity index (χ3v) is 5.57. The zero-order valence-corrected chi connectivity index (χ0v) is 17.1. The second-order valence-electron chi connectivity index (χ2n) is 7.54. The quantitative estimate of drug-likeness (QED) is 0.300. The van der Waals surface area contributed by atoms with E-state index in [2.05, 4.69) is 5.32 Å². The van der Waals surface area contributed by atoms with Crippen LogP contribution in [-0.4, -0.2) is 12.1 Å². The predicted octanol–water partition coefficient (Wildman–Crippen LogP) is 5.68. The second-order valence-corrected chi connectivity index (χ2v) is 7.54. The normalized spacial score (nSPS) is 12.3. The van der Waals surface area contributed by atoms with Gasteiger partial charge in [-0.2, -0.15) is 4.39 Å². The van der Waals surface area contributed by atoms with E-state index in [1.165, 1.54) is 0 Å². The number of rotatable bonds is 8. The summed E-state index contributed by atoms with van der Waals surface area (Å²) in [7, 11) is 0. The number of nitrogens with one attached hydrogen (secondary N) is 1. The fourth-order valence-corrected chi connectivity index (χ4v) is 4.11. The summed E-state index contributed by atoms with van der Waals surface area (Å²) in [6.07, 6.45) is 0.254. The molecule has 3 heteroatoms. The van der Waals surface area contributed by atoms with Gasteiger partial charge in [0.25, 0.3) is 0 Å². The Morgan fingerprint density at radius 3 is 1.35 bits per heavy atom. The zero-order chi connectivity index (χ0) is 21.5. The molecule has 1 atom stereocenters. The third kappa shape index (κ3) is 4.47.